The van der Waals surface area contributed by atoms with Crippen LogP contribution in [0.3, 0.4) is 0 Å². The van der Waals surface area contributed by atoms with Crippen molar-refractivity contribution in [2.45, 2.75) is 13.3 Å². The molecular weight excluding hydrogens is 305 g/mol. The van der Waals surface area contributed by atoms with Crippen LogP contribution in [0.2, 0.25) is 0 Å². The number of benzene rings is 1. The zero-order chi connectivity index (χ0) is 13.2. The molecule has 3 nitrogen and oxygen atoms in total. The van der Waals surface area contributed by atoms with E-state index in [1.54, 1.807) is 0 Å². The van der Waals surface area contributed by atoms with Crippen LogP contribution in [0, 0.1) is 0 Å². The van der Waals surface area contributed by atoms with Gasteiger partial charge in [0.05, 0.1) is 5.56 Å². The molecule has 7 heteroatoms. The summed E-state index contributed by atoms with van der Waals surface area (Å²) >= 11 is 2.93. The number of aldehydes is 1. The van der Waals surface area contributed by atoms with Crippen molar-refractivity contribution >= 4 is 28.0 Å². The molecule has 92 valence electrons. The molecule has 0 saturated heterocycles. The number of carbonyl (C=O) groups is 2. The first-order valence-corrected chi connectivity index (χ1v) is 5.09. The number of ketones is 1. The summed E-state index contributed by atoms with van der Waals surface area (Å²) in [6, 6.07) is 2.23. The fraction of sp³-hybridized carbons (Fsp3) is 0.200. The Morgan fingerprint density at radius 1 is 1.41 bits per heavy atom. The predicted molar refractivity (Wildman–Crippen MR) is 56.2 cm³/mol. The lowest BCUT2D eigenvalue weighted by atomic mass is 10.0. The number of rotatable bonds is 3. The Kier molecular flexibility index (Phi) is 3.92. The van der Waals surface area contributed by atoms with Crippen LogP contribution in [0.4, 0.5) is 13.2 Å². The minimum Gasteiger partial charge on any atom is -0.405 e. The number of Topliss-reactive ketones (excluding diaryl/α,β-unsaturated/α-hetero) is 1. The molecule has 0 N–H and O–H groups in total. The molecule has 0 aliphatic rings. The molecule has 0 spiro atoms. The van der Waals surface area contributed by atoms with Crippen molar-refractivity contribution in [2.75, 3.05) is 0 Å². The molecule has 0 aliphatic heterocycles. The molecule has 0 radical (unpaired) electrons. The maximum absolute atomic E-state index is 12.1. The van der Waals surface area contributed by atoms with E-state index in [1.807, 2.05) is 0 Å². The van der Waals surface area contributed by atoms with Crippen molar-refractivity contribution in [1.82, 2.24) is 0 Å². The first kappa shape index (κ1) is 13.7. The van der Waals surface area contributed by atoms with E-state index >= 15 is 0 Å². The fourth-order valence-electron chi connectivity index (χ4n) is 1.28. The Morgan fingerprint density at radius 3 is 2.41 bits per heavy atom. The molecule has 17 heavy (non-hydrogen) atoms. The van der Waals surface area contributed by atoms with E-state index in [0.717, 1.165) is 13.0 Å². The van der Waals surface area contributed by atoms with Crippen LogP contribution in [0.25, 0.3) is 0 Å². The van der Waals surface area contributed by atoms with Crippen LogP contribution >= 0.6 is 15.9 Å². The molecule has 0 atom stereocenters. The van der Waals surface area contributed by atoms with E-state index in [-0.39, 0.29) is 15.6 Å². The smallest absolute Gasteiger partial charge is 0.405 e. The van der Waals surface area contributed by atoms with E-state index in [0.29, 0.717) is 6.29 Å². The number of carbonyl (C=O) groups excluding carboxylic acids is 2. The second-order valence-electron chi connectivity index (χ2n) is 3.09. The van der Waals surface area contributed by atoms with Gasteiger partial charge in [-0.25, -0.2) is 0 Å². The Hall–Kier alpha value is -1.37. The number of alkyl halides is 3. The van der Waals surface area contributed by atoms with E-state index in [1.165, 1.54) is 6.07 Å². The average Bonchev–Trinajstić information content (AvgIpc) is 2.12. The van der Waals surface area contributed by atoms with Gasteiger partial charge in [0.1, 0.15) is 5.75 Å². The van der Waals surface area contributed by atoms with Crippen molar-refractivity contribution in [1.29, 1.82) is 0 Å². The molecular formula is C10H6BrF3O3. The van der Waals surface area contributed by atoms with E-state index in [9.17, 15) is 22.8 Å². The Morgan fingerprint density at radius 2 is 2.00 bits per heavy atom. The van der Waals surface area contributed by atoms with Gasteiger partial charge in [0.2, 0.25) is 0 Å². The fourth-order valence-corrected chi connectivity index (χ4v) is 1.73. The van der Waals surface area contributed by atoms with Crippen molar-refractivity contribution < 1.29 is 27.5 Å². The summed E-state index contributed by atoms with van der Waals surface area (Å²) in [7, 11) is 0. The lowest BCUT2D eigenvalue weighted by Crippen LogP contribution is -2.19. The van der Waals surface area contributed by atoms with Crippen molar-refractivity contribution in [2.24, 2.45) is 0 Å². The Balaban J connectivity index is 3.41. The third-order valence-electron chi connectivity index (χ3n) is 1.80. The lowest BCUT2D eigenvalue weighted by molar-refractivity contribution is -0.274. The first-order valence-electron chi connectivity index (χ1n) is 4.30. The van der Waals surface area contributed by atoms with Gasteiger partial charge in [-0.05, 0) is 19.1 Å². The van der Waals surface area contributed by atoms with Gasteiger partial charge in [-0.15, -0.1) is 13.2 Å². The molecule has 1 rings (SSSR count). The number of ether oxygens (including phenoxy) is 1. The van der Waals surface area contributed by atoms with Gasteiger partial charge in [0.25, 0.3) is 0 Å². The second kappa shape index (κ2) is 4.87. The summed E-state index contributed by atoms with van der Waals surface area (Å²) < 4.78 is 40.3. The monoisotopic (exact) mass is 310 g/mol. The van der Waals surface area contributed by atoms with Crippen molar-refractivity contribution in [3.63, 3.8) is 0 Å². The van der Waals surface area contributed by atoms with E-state index in [2.05, 4.69) is 20.7 Å². The van der Waals surface area contributed by atoms with Gasteiger partial charge in [-0.3, -0.25) is 9.59 Å². The highest BCUT2D eigenvalue weighted by molar-refractivity contribution is 9.10. The first-order chi connectivity index (χ1) is 7.74. The van der Waals surface area contributed by atoms with Crippen LogP contribution in [-0.4, -0.2) is 18.4 Å². The summed E-state index contributed by atoms with van der Waals surface area (Å²) in [5.74, 6) is -1.37. The largest absolute Gasteiger partial charge is 0.573 e. The number of halogens is 4. The van der Waals surface area contributed by atoms with Gasteiger partial charge in [0.15, 0.2) is 12.1 Å². The van der Waals surface area contributed by atoms with Gasteiger partial charge in [-0.2, -0.15) is 0 Å². The molecule has 1 aromatic carbocycles. The van der Waals surface area contributed by atoms with Crippen LogP contribution in [0.1, 0.15) is 27.6 Å². The highest BCUT2D eigenvalue weighted by atomic mass is 79.9. The predicted octanol–water partition coefficient (Wildman–Crippen LogP) is 3.36. The zero-order valence-corrected chi connectivity index (χ0v) is 10.1. The maximum Gasteiger partial charge on any atom is 0.573 e. The molecule has 1 aromatic rings. The van der Waals surface area contributed by atoms with Gasteiger partial charge < -0.3 is 4.74 Å². The van der Waals surface area contributed by atoms with Crippen molar-refractivity contribution in [3.8, 4) is 5.75 Å². The van der Waals surface area contributed by atoms with E-state index in [4.69, 9.17) is 0 Å². The molecule has 0 aromatic heterocycles. The summed E-state index contributed by atoms with van der Waals surface area (Å²) in [6.45, 7) is 1.06. The summed E-state index contributed by atoms with van der Waals surface area (Å²) in [5, 5.41) is 0. The quantitative estimate of drug-likeness (QED) is 0.635. The van der Waals surface area contributed by atoms with Crippen LogP contribution in [0.5, 0.6) is 5.75 Å². The summed E-state index contributed by atoms with van der Waals surface area (Å²) in [6.07, 6.45) is -4.63. The minimum atomic E-state index is -4.93. The Bertz CT molecular complexity index is 469. The average molecular weight is 311 g/mol. The molecule has 0 fully saturated rings. The lowest BCUT2D eigenvalue weighted by Gasteiger charge is -2.13. The molecule has 0 bridgehead atoms. The highest BCUT2D eigenvalue weighted by Gasteiger charge is 2.33. The normalized spacial score (nSPS) is 11.1. The third kappa shape index (κ3) is 3.55. The standard InChI is InChI=1S/C10H6BrF3O3/c1-5(16)9-6(4-15)2-7(11)3-8(9)17-10(12,13)14/h2-4H,1H3. The number of hydrogen-bond acceptors (Lipinski definition) is 3. The third-order valence-corrected chi connectivity index (χ3v) is 2.26. The van der Waals surface area contributed by atoms with Crippen LogP contribution in [-0.2, 0) is 0 Å². The van der Waals surface area contributed by atoms with Gasteiger partial charge in [0, 0.05) is 10.0 Å². The second-order valence-corrected chi connectivity index (χ2v) is 4.01. The van der Waals surface area contributed by atoms with Crippen molar-refractivity contribution in [3.05, 3.63) is 27.7 Å². The van der Waals surface area contributed by atoms with Gasteiger partial charge >= 0.3 is 6.36 Å². The zero-order valence-electron chi connectivity index (χ0n) is 8.47. The minimum absolute atomic E-state index is 0.161. The molecule has 0 heterocycles. The molecule has 0 aliphatic carbocycles. The summed E-state index contributed by atoms with van der Waals surface area (Å²) in [4.78, 5) is 21.9. The van der Waals surface area contributed by atoms with Crippen LogP contribution in [0.15, 0.2) is 16.6 Å². The molecule has 0 unspecified atom stereocenters. The summed E-state index contributed by atoms with van der Waals surface area (Å²) in [5.41, 5.74) is -0.549. The SMILES string of the molecule is CC(=O)c1c(C=O)cc(Br)cc1OC(F)(F)F. The molecule has 0 amide bonds. The van der Waals surface area contributed by atoms with Crippen LogP contribution < -0.4 is 4.74 Å². The van der Waals surface area contributed by atoms with Gasteiger partial charge in [-0.1, -0.05) is 15.9 Å². The van der Waals surface area contributed by atoms with E-state index < -0.39 is 17.9 Å². The molecule has 0 saturated carbocycles. The number of hydrogen-bond donors (Lipinski definition) is 0. The Labute approximate surface area is 103 Å². The topological polar surface area (TPSA) is 43.4 Å². The highest BCUT2D eigenvalue weighted by Crippen LogP contribution is 2.31. The maximum atomic E-state index is 12.1.